The van der Waals surface area contributed by atoms with E-state index in [0.29, 0.717) is 5.75 Å². The van der Waals surface area contributed by atoms with Gasteiger partial charge < -0.3 is 4.74 Å². The predicted molar refractivity (Wildman–Crippen MR) is 93.7 cm³/mol. The Morgan fingerprint density at radius 1 is 1.27 bits per heavy atom. The molecular weight excluding hydrogens is 356 g/mol. The van der Waals surface area contributed by atoms with Gasteiger partial charge in [0, 0.05) is 6.04 Å². The number of carbonyl (C=O) groups excluding carboxylic acids is 1. The Bertz CT molecular complexity index is 825. The van der Waals surface area contributed by atoms with Crippen molar-refractivity contribution in [1.82, 2.24) is 10.2 Å². The smallest absolute Gasteiger partial charge is 0.248 e. The van der Waals surface area contributed by atoms with Crippen molar-refractivity contribution in [3.63, 3.8) is 0 Å². The molecule has 2 aliphatic rings. The monoisotopic (exact) mass is 378 g/mol. The average molecular weight is 378 g/mol. The van der Waals surface area contributed by atoms with Gasteiger partial charge in [0.25, 0.3) is 0 Å². The summed E-state index contributed by atoms with van der Waals surface area (Å²) < 4.78 is 33.5. The van der Waals surface area contributed by atoms with Crippen LogP contribution >= 0.6 is 0 Å². The number of ether oxygens (including phenoxy) is 1. The molecule has 8 heteroatoms. The number of fused-ring (bicyclic) bond motifs is 2. The lowest BCUT2D eigenvalue weighted by Gasteiger charge is -2.29. The third kappa shape index (κ3) is 3.70. The topological polar surface area (TPSA) is 105 Å². The summed E-state index contributed by atoms with van der Waals surface area (Å²) in [6.07, 6.45) is 2.57. The normalized spacial score (nSPS) is 26.8. The second-order valence-electron chi connectivity index (χ2n) is 6.67. The first-order valence-electron chi connectivity index (χ1n) is 8.55. The molecule has 0 aliphatic heterocycles. The van der Waals surface area contributed by atoms with Gasteiger partial charge in [0.2, 0.25) is 15.9 Å². The number of benzene rings is 1. The number of carbonyl (C=O) groups is 1. The van der Waals surface area contributed by atoms with Crippen molar-refractivity contribution < 1.29 is 23.2 Å². The van der Waals surface area contributed by atoms with Gasteiger partial charge >= 0.3 is 0 Å². The van der Waals surface area contributed by atoms with E-state index in [1.54, 1.807) is 24.5 Å². The number of hydroxylamine groups is 1. The Balaban J connectivity index is 1.73. The zero-order chi connectivity index (χ0) is 18.7. The predicted octanol–water partition coefficient (Wildman–Crippen LogP) is 1.29. The van der Waals surface area contributed by atoms with Crippen LogP contribution in [-0.2, 0) is 14.8 Å². The van der Waals surface area contributed by atoms with Gasteiger partial charge in [0.15, 0.2) is 0 Å². The van der Waals surface area contributed by atoms with Crippen LogP contribution < -0.4 is 14.9 Å². The summed E-state index contributed by atoms with van der Waals surface area (Å²) >= 11 is 0. The zero-order valence-electron chi connectivity index (χ0n) is 14.4. The van der Waals surface area contributed by atoms with E-state index in [0.717, 1.165) is 19.3 Å². The number of rotatable bonds is 6. The highest BCUT2D eigenvalue weighted by Gasteiger charge is 2.52. The lowest BCUT2D eigenvalue weighted by atomic mass is 9.84. The molecule has 2 fully saturated rings. The van der Waals surface area contributed by atoms with Crippen LogP contribution in [0.4, 0.5) is 0 Å². The molecule has 3 N–H and O–H groups in total. The molecule has 0 saturated heterocycles. The van der Waals surface area contributed by atoms with Gasteiger partial charge in [-0.1, -0.05) is 5.92 Å². The summed E-state index contributed by atoms with van der Waals surface area (Å²) in [6, 6.07) is 5.58. The summed E-state index contributed by atoms with van der Waals surface area (Å²) in [4.78, 5) is 12.1. The van der Waals surface area contributed by atoms with Gasteiger partial charge in [0.05, 0.1) is 10.8 Å². The Hall–Kier alpha value is -2.08. The number of hydrogen-bond acceptors (Lipinski definition) is 5. The minimum atomic E-state index is -3.78. The Morgan fingerprint density at radius 3 is 2.62 bits per heavy atom. The van der Waals surface area contributed by atoms with Gasteiger partial charge in [-0.3, -0.25) is 10.0 Å². The quantitative estimate of drug-likeness (QED) is 0.393. The van der Waals surface area contributed by atoms with E-state index in [4.69, 9.17) is 9.94 Å². The number of amides is 1. The summed E-state index contributed by atoms with van der Waals surface area (Å²) in [7, 11) is -3.78. The Morgan fingerprint density at radius 2 is 1.96 bits per heavy atom. The van der Waals surface area contributed by atoms with Crippen molar-refractivity contribution >= 4 is 15.9 Å². The molecule has 0 radical (unpaired) electrons. The third-order valence-corrected chi connectivity index (χ3v) is 6.72. The molecule has 1 amide bonds. The Labute approximate surface area is 153 Å². The molecule has 7 nitrogen and oxygen atoms in total. The molecule has 26 heavy (non-hydrogen) atoms. The van der Waals surface area contributed by atoms with Crippen LogP contribution in [0, 0.1) is 29.6 Å². The van der Waals surface area contributed by atoms with Gasteiger partial charge in [-0.25, -0.2) is 18.6 Å². The van der Waals surface area contributed by atoms with Crippen molar-refractivity contribution in [3.8, 4) is 17.6 Å². The highest BCUT2D eigenvalue weighted by Crippen LogP contribution is 2.49. The van der Waals surface area contributed by atoms with Gasteiger partial charge in [-0.2, -0.15) is 0 Å². The van der Waals surface area contributed by atoms with Crippen LogP contribution in [0.1, 0.15) is 26.2 Å². The minimum Gasteiger partial charge on any atom is -0.481 e. The molecule has 1 aromatic rings. The van der Waals surface area contributed by atoms with Crippen molar-refractivity contribution in [2.24, 2.45) is 17.8 Å². The van der Waals surface area contributed by atoms with E-state index >= 15 is 0 Å². The van der Waals surface area contributed by atoms with E-state index in [2.05, 4.69) is 16.6 Å². The molecule has 0 unspecified atom stereocenters. The Kier molecular flexibility index (Phi) is 5.51. The second kappa shape index (κ2) is 7.66. The average Bonchev–Trinajstić information content (AvgIpc) is 3.23. The maximum absolute atomic E-state index is 12.7. The van der Waals surface area contributed by atoms with Crippen LogP contribution in [0.15, 0.2) is 29.2 Å². The maximum atomic E-state index is 12.7. The fourth-order valence-electron chi connectivity index (χ4n) is 4.07. The molecule has 0 spiro atoms. The first-order valence-corrected chi connectivity index (χ1v) is 10.0. The highest BCUT2D eigenvalue weighted by molar-refractivity contribution is 7.89. The third-order valence-electron chi connectivity index (χ3n) is 5.24. The summed E-state index contributed by atoms with van der Waals surface area (Å²) in [5.41, 5.74) is 1.68. The SMILES string of the molecule is CC#CCOc1ccc(S(=O)(=O)N[C@H]2[C@@H]3CC[C@H](C3)[C@H]2C(=O)NO)cc1. The lowest BCUT2D eigenvalue weighted by molar-refractivity contribution is -0.135. The van der Waals surface area contributed by atoms with Crippen molar-refractivity contribution in [3.05, 3.63) is 24.3 Å². The van der Waals surface area contributed by atoms with E-state index in [9.17, 15) is 13.2 Å². The highest BCUT2D eigenvalue weighted by atomic mass is 32.2. The number of nitrogens with one attached hydrogen (secondary N) is 2. The molecule has 0 heterocycles. The van der Waals surface area contributed by atoms with Gasteiger partial charge in [-0.05, 0) is 62.3 Å². The second-order valence-corrected chi connectivity index (χ2v) is 8.38. The maximum Gasteiger partial charge on any atom is 0.248 e. The van der Waals surface area contributed by atoms with E-state index in [1.807, 2.05) is 0 Å². The number of sulfonamides is 1. The fraction of sp³-hybridized carbons (Fsp3) is 0.500. The molecular formula is C18H22N2O5S. The van der Waals surface area contributed by atoms with E-state index in [1.165, 1.54) is 12.1 Å². The van der Waals surface area contributed by atoms with Crippen molar-refractivity contribution in [2.45, 2.75) is 37.1 Å². The van der Waals surface area contributed by atoms with Crippen molar-refractivity contribution in [2.75, 3.05) is 6.61 Å². The number of hydrogen-bond donors (Lipinski definition) is 3. The van der Waals surface area contributed by atoms with E-state index < -0.39 is 27.9 Å². The zero-order valence-corrected chi connectivity index (χ0v) is 15.3. The minimum absolute atomic E-state index is 0.107. The molecule has 1 aromatic carbocycles. The summed E-state index contributed by atoms with van der Waals surface area (Å²) in [6.45, 7) is 1.95. The molecule has 2 saturated carbocycles. The first kappa shape index (κ1) is 18.7. The molecule has 4 atom stereocenters. The summed E-state index contributed by atoms with van der Waals surface area (Å²) in [5.74, 6) is 5.17. The van der Waals surface area contributed by atoms with Crippen LogP contribution in [0.3, 0.4) is 0 Å². The van der Waals surface area contributed by atoms with Crippen molar-refractivity contribution in [1.29, 1.82) is 0 Å². The molecule has 2 aliphatic carbocycles. The standard InChI is InChI=1S/C18H22N2O5S/c1-2-3-10-25-14-6-8-15(9-7-14)26(23,24)20-17-13-5-4-12(11-13)16(17)18(21)19-22/h6-9,12-13,16-17,20,22H,4-5,10-11H2,1H3,(H,19,21)/t12-,13-,16-,17+/m1/s1. The largest absolute Gasteiger partial charge is 0.481 e. The fourth-order valence-corrected chi connectivity index (χ4v) is 5.39. The molecule has 3 rings (SSSR count). The summed E-state index contributed by atoms with van der Waals surface area (Å²) in [5, 5.41) is 8.98. The van der Waals surface area contributed by atoms with Crippen LogP contribution in [-0.4, -0.2) is 32.2 Å². The van der Waals surface area contributed by atoms with Crippen LogP contribution in [0.5, 0.6) is 5.75 Å². The van der Waals surface area contributed by atoms with Gasteiger partial charge in [-0.15, -0.1) is 5.92 Å². The lowest BCUT2D eigenvalue weighted by Crippen LogP contribution is -2.49. The molecule has 0 aromatic heterocycles. The first-order chi connectivity index (χ1) is 12.5. The van der Waals surface area contributed by atoms with Gasteiger partial charge in [0.1, 0.15) is 12.4 Å². The molecule has 140 valence electrons. The van der Waals surface area contributed by atoms with Crippen LogP contribution in [0.25, 0.3) is 0 Å². The van der Waals surface area contributed by atoms with E-state index in [-0.39, 0.29) is 23.3 Å². The van der Waals surface area contributed by atoms with Crippen LogP contribution in [0.2, 0.25) is 0 Å². The molecule has 2 bridgehead atoms.